The topological polar surface area (TPSA) is 87.7 Å². The molecule has 30 heavy (non-hydrogen) atoms. The van der Waals surface area contributed by atoms with Crippen molar-refractivity contribution in [2.45, 2.75) is 33.2 Å². The summed E-state index contributed by atoms with van der Waals surface area (Å²) in [5.41, 5.74) is 3.00. The van der Waals surface area contributed by atoms with Crippen molar-refractivity contribution in [3.8, 4) is 5.75 Å². The third-order valence-corrected chi connectivity index (χ3v) is 5.21. The molecule has 0 saturated carbocycles. The first kappa shape index (κ1) is 21.4. The molecule has 3 rings (SSSR count). The molecular formula is C23H27N3O4. The van der Waals surface area contributed by atoms with Gasteiger partial charge in [-0.3, -0.25) is 14.4 Å². The summed E-state index contributed by atoms with van der Waals surface area (Å²) in [7, 11) is 1.56. The minimum Gasteiger partial charge on any atom is -0.497 e. The maximum atomic E-state index is 12.9. The zero-order valence-electron chi connectivity index (χ0n) is 17.7. The van der Waals surface area contributed by atoms with Crippen molar-refractivity contribution < 1.29 is 19.1 Å². The highest BCUT2D eigenvalue weighted by atomic mass is 16.5. The van der Waals surface area contributed by atoms with Crippen LogP contribution in [0.3, 0.4) is 0 Å². The summed E-state index contributed by atoms with van der Waals surface area (Å²) in [5, 5.41) is 5.71. The summed E-state index contributed by atoms with van der Waals surface area (Å²) in [6.45, 7) is 5.95. The number of rotatable bonds is 6. The highest BCUT2D eigenvalue weighted by Crippen LogP contribution is 2.30. The van der Waals surface area contributed by atoms with E-state index in [1.807, 2.05) is 26.0 Å². The standard InChI is InChI=1S/C23H27N3O4/c1-14(2)21(25-22(28)16-5-8-19(30-4)9-6-16)23(29)24-18-7-10-20-17(13-18)11-12-26(20)15(3)27/h5-10,13-14,21H,11-12H2,1-4H3,(H,24,29)(H,25,28). The second-order valence-corrected chi connectivity index (χ2v) is 7.68. The number of benzene rings is 2. The largest absolute Gasteiger partial charge is 0.497 e. The molecule has 1 aliphatic heterocycles. The number of methoxy groups -OCH3 is 1. The van der Waals surface area contributed by atoms with E-state index in [1.54, 1.807) is 49.3 Å². The van der Waals surface area contributed by atoms with E-state index in [4.69, 9.17) is 4.74 Å². The number of hydrogen-bond acceptors (Lipinski definition) is 4. The van der Waals surface area contributed by atoms with Gasteiger partial charge in [0.1, 0.15) is 11.8 Å². The van der Waals surface area contributed by atoms with Gasteiger partial charge in [-0.2, -0.15) is 0 Å². The molecule has 0 bridgehead atoms. The Morgan fingerprint density at radius 2 is 1.77 bits per heavy atom. The second-order valence-electron chi connectivity index (χ2n) is 7.68. The number of carbonyl (C=O) groups is 3. The van der Waals surface area contributed by atoms with E-state index in [1.165, 1.54) is 0 Å². The third-order valence-electron chi connectivity index (χ3n) is 5.21. The fraction of sp³-hybridized carbons (Fsp3) is 0.348. The summed E-state index contributed by atoms with van der Waals surface area (Å²) >= 11 is 0. The number of nitrogens with zero attached hydrogens (tertiary/aromatic N) is 1. The van der Waals surface area contributed by atoms with Crippen LogP contribution < -0.4 is 20.3 Å². The van der Waals surface area contributed by atoms with Crippen LogP contribution in [0, 0.1) is 5.92 Å². The maximum absolute atomic E-state index is 12.9. The Balaban J connectivity index is 1.70. The number of carbonyl (C=O) groups excluding carboxylic acids is 3. The molecule has 0 spiro atoms. The number of ether oxygens (including phenoxy) is 1. The zero-order chi connectivity index (χ0) is 21.8. The Kier molecular flexibility index (Phi) is 6.40. The van der Waals surface area contributed by atoms with Crippen LogP contribution in [0.4, 0.5) is 11.4 Å². The second kappa shape index (κ2) is 8.98. The summed E-state index contributed by atoms with van der Waals surface area (Å²) in [4.78, 5) is 38.9. The van der Waals surface area contributed by atoms with Crippen LogP contribution in [-0.2, 0) is 16.0 Å². The number of hydrogen-bond donors (Lipinski definition) is 2. The van der Waals surface area contributed by atoms with Crippen molar-refractivity contribution >= 4 is 29.1 Å². The Labute approximate surface area is 176 Å². The molecule has 2 aromatic carbocycles. The van der Waals surface area contributed by atoms with Gasteiger partial charge in [0, 0.05) is 30.4 Å². The molecule has 0 fully saturated rings. The van der Waals surface area contributed by atoms with E-state index in [2.05, 4.69) is 10.6 Å². The lowest BCUT2D eigenvalue weighted by Crippen LogP contribution is -2.47. The van der Waals surface area contributed by atoms with Gasteiger partial charge >= 0.3 is 0 Å². The molecule has 2 aromatic rings. The first-order valence-corrected chi connectivity index (χ1v) is 9.97. The molecule has 1 atom stereocenters. The van der Waals surface area contributed by atoms with E-state index < -0.39 is 6.04 Å². The number of amides is 3. The van der Waals surface area contributed by atoms with Gasteiger partial charge in [0.2, 0.25) is 11.8 Å². The summed E-state index contributed by atoms with van der Waals surface area (Å²) in [5.74, 6) is -0.0445. The quantitative estimate of drug-likeness (QED) is 0.768. The summed E-state index contributed by atoms with van der Waals surface area (Å²) < 4.78 is 5.11. The maximum Gasteiger partial charge on any atom is 0.251 e. The zero-order valence-corrected chi connectivity index (χ0v) is 17.7. The Hall–Kier alpha value is -3.35. The lowest BCUT2D eigenvalue weighted by molar-refractivity contribution is -0.119. The van der Waals surface area contributed by atoms with Gasteiger partial charge in [-0.15, -0.1) is 0 Å². The van der Waals surface area contributed by atoms with Gasteiger partial charge in [0.05, 0.1) is 7.11 Å². The van der Waals surface area contributed by atoms with Gasteiger partial charge in [-0.25, -0.2) is 0 Å². The van der Waals surface area contributed by atoms with Crippen molar-refractivity contribution in [3.05, 3.63) is 53.6 Å². The Morgan fingerprint density at radius 1 is 1.07 bits per heavy atom. The smallest absolute Gasteiger partial charge is 0.251 e. The van der Waals surface area contributed by atoms with Crippen molar-refractivity contribution in [1.29, 1.82) is 0 Å². The molecule has 0 radical (unpaired) electrons. The van der Waals surface area contributed by atoms with Crippen molar-refractivity contribution in [3.63, 3.8) is 0 Å². The highest BCUT2D eigenvalue weighted by molar-refractivity contribution is 6.02. The fourth-order valence-corrected chi connectivity index (χ4v) is 3.53. The van der Waals surface area contributed by atoms with Crippen molar-refractivity contribution in [1.82, 2.24) is 5.32 Å². The molecule has 0 aliphatic carbocycles. The van der Waals surface area contributed by atoms with E-state index in [0.717, 1.165) is 17.7 Å². The molecule has 2 N–H and O–H groups in total. The SMILES string of the molecule is COc1ccc(C(=O)NC(C(=O)Nc2ccc3c(c2)CCN3C(C)=O)C(C)C)cc1. The average molecular weight is 409 g/mol. The summed E-state index contributed by atoms with van der Waals surface area (Å²) in [6, 6.07) is 11.5. The first-order valence-electron chi connectivity index (χ1n) is 9.97. The molecule has 1 aliphatic rings. The molecule has 7 nitrogen and oxygen atoms in total. The van der Waals surface area contributed by atoms with Crippen molar-refractivity contribution in [2.75, 3.05) is 23.9 Å². The van der Waals surface area contributed by atoms with Gasteiger partial charge in [0.25, 0.3) is 5.91 Å². The van der Waals surface area contributed by atoms with Crippen LogP contribution in [0.15, 0.2) is 42.5 Å². The number of fused-ring (bicyclic) bond motifs is 1. The fourth-order valence-electron chi connectivity index (χ4n) is 3.53. The monoisotopic (exact) mass is 409 g/mol. The normalized spacial score (nSPS) is 13.6. The van der Waals surface area contributed by atoms with E-state index >= 15 is 0 Å². The molecule has 3 amide bonds. The molecule has 0 saturated heterocycles. The van der Waals surface area contributed by atoms with Crippen LogP contribution in [0.25, 0.3) is 0 Å². The van der Waals surface area contributed by atoms with Gasteiger partial charge < -0.3 is 20.3 Å². The predicted molar refractivity (Wildman–Crippen MR) is 116 cm³/mol. The lowest BCUT2D eigenvalue weighted by Gasteiger charge is -2.22. The van der Waals surface area contributed by atoms with Crippen molar-refractivity contribution in [2.24, 2.45) is 5.92 Å². The lowest BCUT2D eigenvalue weighted by atomic mass is 10.0. The Morgan fingerprint density at radius 3 is 2.37 bits per heavy atom. The van der Waals surface area contributed by atoms with Crippen LogP contribution >= 0.6 is 0 Å². The average Bonchev–Trinajstić information content (AvgIpc) is 3.15. The molecule has 1 heterocycles. The highest BCUT2D eigenvalue weighted by Gasteiger charge is 2.26. The first-order chi connectivity index (χ1) is 14.3. The van der Waals surface area contributed by atoms with Crippen LogP contribution in [0.5, 0.6) is 5.75 Å². The molecule has 1 unspecified atom stereocenters. The molecular weight excluding hydrogens is 382 g/mol. The molecule has 158 valence electrons. The Bertz CT molecular complexity index is 953. The minimum atomic E-state index is -0.693. The van der Waals surface area contributed by atoms with Crippen LogP contribution in [0.2, 0.25) is 0 Å². The molecule has 0 aromatic heterocycles. The van der Waals surface area contributed by atoms with Gasteiger partial charge in [-0.05, 0) is 60.4 Å². The van der Waals surface area contributed by atoms with E-state index in [0.29, 0.717) is 23.5 Å². The van der Waals surface area contributed by atoms with Gasteiger partial charge in [-0.1, -0.05) is 13.8 Å². The third kappa shape index (κ3) is 4.62. The van der Waals surface area contributed by atoms with E-state index in [-0.39, 0.29) is 23.6 Å². The van der Waals surface area contributed by atoms with Crippen LogP contribution in [-0.4, -0.2) is 37.4 Å². The molecule has 7 heteroatoms. The van der Waals surface area contributed by atoms with Crippen LogP contribution in [0.1, 0.15) is 36.7 Å². The predicted octanol–water partition coefficient (Wildman–Crippen LogP) is 3.00. The van der Waals surface area contributed by atoms with E-state index in [9.17, 15) is 14.4 Å². The number of nitrogens with one attached hydrogen (secondary N) is 2. The minimum absolute atomic E-state index is 0.00616. The summed E-state index contributed by atoms with van der Waals surface area (Å²) in [6.07, 6.45) is 0.750. The van der Waals surface area contributed by atoms with Gasteiger partial charge in [0.15, 0.2) is 0 Å². The number of anilines is 2.